The summed E-state index contributed by atoms with van der Waals surface area (Å²) in [5.74, 6) is 0.274. The molecular formula is C29H34N6O4. The van der Waals surface area contributed by atoms with Crippen LogP contribution in [0.25, 0.3) is 0 Å². The molecule has 0 bridgehead atoms. The molecule has 0 atom stereocenters. The first-order chi connectivity index (χ1) is 19.0. The maximum Gasteiger partial charge on any atom is 0.303 e. The number of pyridine rings is 1. The standard InChI is InChI=1S/C29H34N6O4/c30-26-25-27(34-29(33-26)32-15-3-5-22-4-1-2-14-31-22)39-17-16-35(28(25)38)23-12-10-21(11-13-23)20-8-6-19(7-9-20)18-24(36)37/h1-2,4,10-14,19-20H,3,5-9,15-18H2,(H,36,37)(H3,30,32,33,34). The fourth-order valence-corrected chi connectivity index (χ4v) is 5.45. The van der Waals surface area contributed by atoms with Crippen molar-refractivity contribution < 1.29 is 19.4 Å². The SMILES string of the molecule is Nc1nc(NCCCc2ccccn2)nc2c1C(=O)N(c1ccc(C3CCC(CC(=O)O)CC3)cc1)CCO2. The van der Waals surface area contributed by atoms with Gasteiger partial charge in [-0.05, 0) is 80.2 Å². The molecule has 2 aliphatic rings. The van der Waals surface area contributed by atoms with Crippen LogP contribution in [0.1, 0.15) is 66.1 Å². The number of carboxylic acids is 1. The van der Waals surface area contributed by atoms with Crippen molar-refractivity contribution in [1.29, 1.82) is 0 Å². The van der Waals surface area contributed by atoms with Crippen LogP contribution < -0.4 is 20.7 Å². The molecule has 204 valence electrons. The van der Waals surface area contributed by atoms with E-state index in [2.05, 4.69) is 32.4 Å². The number of aryl methyl sites for hydroxylation is 1. The number of nitrogens with one attached hydrogen (secondary N) is 1. The van der Waals surface area contributed by atoms with Gasteiger partial charge in [0.1, 0.15) is 18.0 Å². The summed E-state index contributed by atoms with van der Waals surface area (Å²) in [5, 5.41) is 12.2. The minimum absolute atomic E-state index is 0.0823. The molecule has 3 aromatic rings. The van der Waals surface area contributed by atoms with Gasteiger partial charge in [-0.3, -0.25) is 14.6 Å². The Hall–Kier alpha value is -4.21. The van der Waals surface area contributed by atoms with Crippen LogP contribution in [0.15, 0.2) is 48.7 Å². The zero-order chi connectivity index (χ0) is 27.2. The molecule has 10 nitrogen and oxygen atoms in total. The van der Waals surface area contributed by atoms with E-state index >= 15 is 0 Å². The highest BCUT2D eigenvalue weighted by Gasteiger charge is 2.30. The van der Waals surface area contributed by atoms with Crippen LogP contribution in [-0.4, -0.2) is 51.6 Å². The third kappa shape index (κ3) is 6.45. The normalized spacial score (nSPS) is 19.1. The average Bonchev–Trinajstić information content (AvgIpc) is 3.10. The maximum atomic E-state index is 13.5. The highest BCUT2D eigenvalue weighted by molar-refractivity contribution is 6.10. The van der Waals surface area contributed by atoms with E-state index in [1.165, 1.54) is 5.56 Å². The number of carbonyl (C=O) groups excluding carboxylic acids is 1. The monoisotopic (exact) mass is 530 g/mol. The predicted octanol–water partition coefficient (Wildman–Crippen LogP) is 4.29. The number of anilines is 3. The molecule has 10 heteroatoms. The quantitative estimate of drug-likeness (QED) is 0.345. The molecule has 3 heterocycles. The van der Waals surface area contributed by atoms with Crippen molar-refractivity contribution in [2.24, 2.45) is 5.92 Å². The maximum absolute atomic E-state index is 13.5. The highest BCUT2D eigenvalue weighted by Crippen LogP contribution is 2.38. The summed E-state index contributed by atoms with van der Waals surface area (Å²) in [7, 11) is 0. The number of nitrogens with zero attached hydrogens (tertiary/aromatic N) is 4. The summed E-state index contributed by atoms with van der Waals surface area (Å²) >= 11 is 0. The van der Waals surface area contributed by atoms with Crippen molar-refractivity contribution in [3.8, 4) is 5.88 Å². The fourth-order valence-electron chi connectivity index (χ4n) is 5.45. The number of fused-ring (bicyclic) bond motifs is 1. The number of rotatable bonds is 9. The topological polar surface area (TPSA) is 144 Å². The Bertz CT molecular complexity index is 1290. The second-order valence-electron chi connectivity index (χ2n) is 10.2. The van der Waals surface area contributed by atoms with Crippen LogP contribution in [0.3, 0.4) is 0 Å². The van der Waals surface area contributed by atoms with Crippen molar-refractivity contribution in [3.63, 3.8) is 0 Å². The van der Waals surface area contributed by atoms with E-state index in [4.69, 9.17) is 15.6 Å². The molecule has 0 radical (unpaired) electrons. The van der Waals surface area contributed by atoms with Crippen molar-refractivity contribution in [2.75, 3.05) is 35.6 Å². The van der Waals surface area contributed by atoms with Gasteiger partial charge in [0.25, 0.3) is 5.91 Å². The number of carboxylic acid groups (broad SMARTS) is 1. The van der Waals surface area contributed by atoms with E-state index in [1.807, 2.05) is 30.3 Å². The molecule has 39 heavy (non-hydrogen) atoms. The second-order valence-corrected chi connectivity index (χ2v) is 10.2. The van der Waals surface area contributed by atoms with Gasteiger partial charge in [-0.15, -0.1) is 0 Å². The predicted molar refractivity (Wildman–Crippen MR) is 148 cm³/mol. The van der Waals surface area contributed by atoms with Crippen molar-refractivity contribution in [1.82, 2.24) is 15.0 Å². The number of nitrogen functional groups attached to an aromatic ring is 1. The first-order valence-corrected chi connectivity index (χ1v) is 13.6. The Labute approximate surface area is 227 Å². The van der Waals surface area contributed by atoms with E-state index in [0.29, 0.717) is 25.0 Å². The third-order valence-corrected chi connectivity index (χ3v) is 7.52. The lowest BCUT2D eigenvalue weighted by Gasteiger charge is -2.28. The van der Waals surface area contributed by atoms with Gasteiger partial charge in [-0.1, -0.05) is 18.2 Å². The zero-order valence-corrected chi connectivity index (χ0v) is 21.9. The molecule has 0 unspecified atom stereocenters. The number of benzene rings is 1. The molecule has 1 aromatic carbocycles. The van der Waals surface area contributed by atoms with Gasteiger partial charge >= 0.3 is 5.97 Å². The van der Waals surface area contributed by atoms with Gasteiger partial charge in [0, 0.05) is 30.5 Å². The third-order valence-electron chi connectivity index (χ3n) is 7.52. The van der Waals surface area contributed by atoms with Gasteiger partial charge in [-0.25, -0.2) is 0 Å². The zero-order valence-electron chi connectivity index (χ0n) is 21.9. The van der Waals surface area contributed by atoms with E-state index in [9.17, 15) is 9.59 Å². The summed E-state index contributed by atoms with van der Waals surface area (Å²) in [6, 6.07) is 13.9. The minimum atomic E-state index is -0.717. The van der Waals surface area contributed by atoms with Crippen molar-refractivity contribution in [2.45, 2.75) is 50.9 Å². The average molecular weight is 531 g/mol. The summed E-state index contributed by atoms with van der Waals surface area (Å²) in [6.07, 6.45) is 7.51. The lowest BCUT2D eigenvalue weighted by Crippen LogP contribution is -2.32. The molecule has 1 saturated carbocycles. The minimum Gasteiger partial charge on any atom is -0.481 e. The molecule has 1 fully saturated rings. The van der Waals surface area contributed by atoms with Gasteiger partial charge in [0.2, 0.25) is 11.8 Å². The summed E-state index contributed by atoms with van der Waals surface area (Å²) in [6.45, 7) is 1.27. The van der Waals surface area contributed by atoms with Crippen LogP contribution in [0.4, 0.5) is 17.5 Å². The number of hydrogen-bond donors (Lipinski definition) is 3. The van der Waals surface area contributed by atoms with Gasteiger partial charge in [0.05, 0.1) is 6.54 Å². The molecule has 0 spiro atoms. The Kier molecular flexibility index (Phi) is 8.19. The number of carbonyl (C=O) groups is 2. The van der Waals surface area contributed by atoms with Crippen molar-refractivity contribution in [3.05, 3.63) is 65.5 Å². The molecule has 1 aliphatic carbocycles. The van der Waals surface area contributed by atoms with Crippen LogP contribution in [0.5, 0.6) is 5.88 Å². The Morgan fingerprint density at radius 1 is 1.10 bits per heavy atom. The summed E-state index contributed by atoms with van der Waals surface area (Å²) in [4.78, 5) is 39.3. The Morgan fingerprint density at radius 2 is 1.90 bits per heavy atom. The fraction of sp³-hybridized carbons (Fsp3) is 0.414. The molecule has 0 saturated heterocycles. The molecule has 2 aromatic heterocycles. The van der Waals surface area contributed by atoms with E-state index in [0.717, 1.165) is 49.9 Å². The smallest absolute Gasteiger partial charge is 0.303 e. The number of nitrogens with two attached hydrogens (primary N) is 1. The van der Waals surface area contributed by atoms with Crippen LogP contribution >= 0.6 is 0 Å². The van der Waals surface area contributed by atoms with Crippen LogP contribution in [0.2, 0.25) is 0 Å². The van der Waals surface area contributed by atoms with Crippen molar-refractivity contribution >= 4 is 29.3 Å². The lowest BCUT2D eigenvalue weighted by atomic mass is 9.77. The number of amides is 1. The number of aromatic nitrogens is 3. The molecular weight excluding hydrogens is 496 g/mol. The first kappa shape index (κ1) is 26.4. The largest absolute Gasteiger partial charge is 0.481 e. The molecule has 4 N–H and O–H groups in total. The van der Waals surface area contributed by atoms with E-state index in [1.54, 1.807) is 11.1 Å². The number of aliphatic carboxylic acids is 1. The number of hydrogen-bond acceptors (Lipinski definition) is 8. The van der Waals surface area contributed by atoms with Gasteiger partial charge < -0.3 is 25.8 Å². The van der Waals surface area contributed by atoms with E-state index in [-0.39, 0.29) is 42.1 Å². The molecule has 1 aliphatic heterocycles. The van der Waals surface area contributed by atoms with Crippen LogP contribution in [-0.2, 0) is 11.2 Å². The first-order valence-electron chi connectivity index (χ1n) is 13.6. The Morgan fingerprint density at radius 3 is 2.62 bits per heavy atom. The number of ether oxygens (including phenoxy) is 1. The Balaban J connectivity index is 1.22. The lowest BCUT2D eigenvalue weighted by molar-refractivity contribution is -0.138. The van der Waals surface area contributed by atoms with Gasteiger partial charge in [0.15, 0.2) is 0 Å². The van der Waals surface area contributed by atoms with Gasteiger partial charge in [-0.2, -0.15) is 9.97 Å². The van der Waals surface area contributed by atoms with Crippen LogP contribution in [0, 0.1) is 5.92 Å². The van der Waals surface area contributed by atoms with E-state index < -0.39 is 5.97 Å². The molecule has 5 rings (SSSR count). The second kappa shape index (κ2) is 12.1. The molecule has 1 amide bonds. The highest BCUT2D eigenvalue weighted by atomic mass is 16.5. The summed E-state index contributed by atoms with van der Waals surface area (Å²) < 4.78 is 5.84. The summed E-state index contributed by atoms with van der Waals surface area (Å²) in [5.41, 5.74) is 9.40.